The molecule has 0 radical (unpaired) electrons. The Hall–Kier alpha value is -0.410. The fourth-order valence-electron chi connectivity index (χ4n) is 1.76. The Morgan fingerprint density at radius 3 is 2.00 bits per heavy atom. The van der Waals surface area contributed by atoms with Gasteiger partial charge in [-0.05, 0) is 20.3 Å². The molecule has 3 heteroatoms. The van der Waals surface area contributed by atoms with E-state index in [1.54, 1.807) is 6.92 Å². The molecule has 0 rings (SSSR count). The summed E-state index contributed by atoms with van der Waals surface area (Å²) >= 11 is 0. The minimum Gasteiger partial charge on any atom is -0.362 e. The van der Waals surface area contributed by atoms with Crippen LogP contribution in [0.5, 0.6) is 0 Å². The van der Waals surface area contributed by atoms with Crippen molar-refractivity contribution >= 4 is 5.78 Å². The van der Waals surface area contributed by atoms with E-state index in [1.165, 1.54) is 0 Å². The maximum absolute atomic E-state index is 11.6. The zero-order valence-electron chi connectivity index (χ0n) is 10.4. The van der Waals surface area contributed by atoms with Gasteiger partial charge in [0.2, 0.25) is 0 Å². The summed E-state index contributed by atoms with van der Waals surface area (Å²) in [7, 11) is 6.23. The molecule has 0 fully saturated rings. The van der Waals surface area contributed by atoms with E-state index in [-0.39, 0.29) is 5.78 Å². The highest BCUT2D eigenvalue weighted by Crippen LogP contribution is 2.20. The fraction of sp³-hybridized carbons (Fsp3) is 0.909. The number of carbonyl (C=O) groups is 1. The molecule has 0 aliphatic carbocycles. The fourth-order valence-corrected chi connectivity index (χ4v) is 1.76. The van der Waals surface area contributed by atoms with E-state index in [9.17, 15) is 4.79 Å². The maximum Gasteiger partial charge on any atom is 0.174 e. The van der Waals surface area contributed by atoms with E-state index in [2.05, 4.69) is 21.1 Å². The number of hydrogen-bond acceptors (Lipinski definition) is 2. The first kappa shape index (κ1) is 13.6. The third-order valence-corrected chi connectivity index (χ3v) is 2.36. The van der Waals surface area contributed by atoms with Crippen molar-refractivity contribution in [2.45, 2.75) is 32.8 Å². The number of nitrogens with zero attached hydrogens (tertiary/aromatic N) is 1. The Morgan fingerprint density at radius 1 is 1.29 bits per heavy atom. The van der Waals surface area contributed by atoms with Gasteiger partial charge in [-0.2, -0.15) is 0 Å². The second kappa shape index (κ2) is 4.89. The van der Waals surface area contributed by atoms with Gasteiger partial charge in [-0.25, -0.2) is 0 Å². The molecular weight excluding hydrogens is 178 g/mol. The Kier molecular flexibility index (Phi) is 4.75. The van der Waals surface area contributed by atoms with Crippen LogP contribution in [-0.4, -0.2) is 50.2 Å². The molecule has 1 atom stereocenters. The van der Waals surface area contributed by atoms with E-state index < -0.39 is 5.60 Å². The van der Waals surface area contributed by atoms with Crippen LogP contribution >= 0.6 is 0 Å². The van der Waals surface area contributed by atoms with Gasteiger partial charge in [0.1, 0.15) is 6.54 Å². The van der Waals surface area contributed by atoms with E-state index in [1.807, 2.05) is 13.8 Å². The van der Waals surface area contributed by atoms with Crippen molar-refractivity contribution in [2.24, 2.45) is 0 Å². The lowest BCUT2D eigenvalue weighted by Crippen LogP contribution is -2.54. The summed E-state index contributed by atoms with van der Waals surface area (Å²) in [6, 6.07) is 0. The Morgan fingerprint density at radius 2 is 1.79 bits per heavy atom. The zero-order valence-corrected chi connectivity index (χ0v) is 10.4. The average Bonchev–Trinajstić information content (AvgIpc) is 2.00. The van der Waals surface area contributed by atoms with Crippen LogP contribution in [0.4, 0.5) is 0 Å². The molecule has 84 valence electrons. The van der Waals surface area contributed by atoms with Gasteiger partial charge in [0.05, 0.1) is 21.1 Å². The average molecular weight is 202 g/mol. The van der Waals surface area contributed by atoms with Crippen LogP contribution in [0.1, 0.15) is 27.2 Å². The van der Waals surface area contributed by atoms with Crippen molar-refractivity contribution in [3.63, 3.8) is 0 Å². The molecule has 0 N–H and O–H groups in total. The molecule has 1 unspecified atom stereocenters. The van der Waals surface area contributed by atoms with Crippen LogP contribution in [0.25, 0.3) is 0 Å². The predicted molar refractivity (Wildman–Crippen MR) is 58.2 cm³/mol. The van der Waals surface area contributed by atoms with Crippen LogP contribution in [0, 0.1) is 0 Å². The molecule has 0 bridgehead atoms. The van der Waals surface area contributed by atoms with Crippen molar-refractivity contribution < 1.29 is 14.0 Å². The highest BCUT2D eigenvalue weighted by Gasteiger charge is 2.39. The molecule has 0 saturated heterocycles. The Bertz CT molecular complexity index is 196. The Balaban J connectivity index is 4.76. The van der Waals surface area contributed by atoms with E-state index >= 15 is 0 Å². The van der Waals surface area contributed by atoms with Crippen molar-refractivity contribution in [1.82, 2.24) is 0 Å². The number of ketones is 1. The molecule has 0 heterocycles. The van der Waals surface area contributed by atoms with Gasteiger partial charge >= 0.3 is 0 Å². The lowest BCUT2D eigenvalue weighted by atomic mass is 9.94. The van der Waals surface area contributed by atoms with Gasteiger partial charge in [-0.1, -0.05) is 6.92 Å². The molecule has 0 saturated carbocycles. The second-order valence-electron chi connectivity index (χ2n) is 4.79. The van der Waals surface area contributed by atoms with Crippen LogP contribution in [0.15, 0.2) is 0 Å². The smallest absolute Gasteiger partial charge is 0.174 e. The summed E-state index contributed by atoms with van der Waals surface area (Å²) in [6.07, 6.45) is 0.742. The van der Waals surface area contributed by atoms with Gasteiger partial charge in [-0.15, -0.1) is 0 Å². The Labute approximate surface area is 87.6 Å². The molecule has 0 aromatic carbocycles. The summed E-state index contributed by atoms with van der Waals surface area (Å²) in [5, 5.41) is 0. The van der Waals surface area contributed by atoms with Gasteiger partial charge in [0.25, 0.3) is 0 Å². The SMILES string of the molecule is CCOC(CC)(C[N+](C)(C)C)C(C)=O. The maximum atomic E-state index is 11.6. The highest BCUT2D eigenvalue weighted by molar-refractivity contribution is 5.85. The molecule has 0 aliphatic rings. The number of ether oxygens (including phenoxy) is 1. The molecule has 0 aliphatic heterocycles. The standard InChI is InChI=1S/C11H24NO2/c1-7-11(10(3)13,14-8-2)9-12(4,5)6/h7-9H2,1-6H3/q+1. The van der Waals surface area contributed by atoms with E-state index in [4.69, 9.17) is 4.74 Å². The van der Waals surface area contributed by atoms with E-state index in [0.717, 1.165) is 17.4 Å². The van der Waals surface area contributed by atoms with Crippen LogP contribution < -0.4 is 0 Å². The second-order valence-corrected chi connectivity index (χ2v) is 4.79. The van der Waals surface area contributed by atoms with Crippen molar-refractivity contribution in [2.75, 3.05) is 34.3 Å². The minimum absolute atomic E-state index is 0.134. The van der Waals surface area contributed by atoms with Crippen molar-refractivity contribution in [3.05, 3.63) is 0 Å². The summed E-state index contributed by atoms with van der Waals surface area (Å²) < 4.78 is 6.39. The molecular formula is C11H24NO2+. The monoisotopic (exact) mass is 202 g/mol. The summed E-state index contributed by atoms with van der Waals surface area (Å²) in [6.45, 7) is 6.88. The molecule has 3 nitrogen and oxygen atoms in total. The predicted octanol–water partition coefficient (Wildman–Crippen LogP) is 1.47. The third kappa shape index (κ3) is 3.76. The normalized spacial score (nSPS) is 16.4. The summed E-state index contributed by atoms with van der Waals surface area (Å²) in [4.78, 5) is 11.6. The number of carbonyl (C=O) groups excluding carboxylic acids is 1. The lowest BCUT2D eigenvalue weighted by molar-refractivity contribution is -0.875. The zero-order chi connectivity index (χ0) is 11.4. The van der Waals surface area contributed by atoms with Gasteiger partial charge < -0.3 is 9.22 Å². The summed E-state index contributed by atoms with van der Waals surface area (Å²) in [5.41, 5.74) is -0.590. The molecule has 0 aromatic heterocycles. The summed E-state index contributed by atoms with van der Waals surface area (Å²) in [5.74, 6) is 0.134. The van der Waals surface area contributed by atoms with Crippen LogP contribution in [0.2, 0.25) is 0 Å². The first-order chi connectivity index (χ1) is 6.27. The minimum atomic E-state index is -0.590. The number of likely N-dealkylation sites (N-methyl/N-ethyl adjacent to an activating group) is 1. The van der Waals surface area contributed by atoms with Gasteiger partial charge in [0, 0.05) is 6.61 Å². The third-order valence-electron chi connectivity index (χ3n) is 2.36. The largest absolute Gasteiger partial charge is 0.362 e. The van der Waals surface area contributed by atoms with Crippen molar-refractivity contribution in [3.8, 4) is 0 Å². The van der Waals surface area contributed by atoms with Gasteiger partial charge in [0.15, 0.2) is 11.4 Å². The van der Waals surface area contributed by atoms with E-state index in [0.29, 0.717) is 6.61 Å². The first-order valence-corrected chi connectivity index (χ1v) is 5.23. The molecule has 14 heavy (non-hydrogen) atoms. The molecule has 0 aromatic rings. The van der Waals surface area contributed by atoms with Crippen LogP contribution in [0.3, 0.4) is 0 Å². The van der Waals surface area contributed by atoms with Crippen LogP contribution in [-0.2, 0) is 9.53 Å². The number of rotatable bonds is 6. The number of quaternary nitrogens is 1. The first-order valence-electron chi connectivity index (χ1n) is 5.23. The topological polar surface area (TPSA) is 26.3 Å². The number of Topliss-reactive ketones (excluding diaryl/α,β-unsaturated/α-hetero) is 1. The van der Waals surface area contributed by atoms with Crippen molar-refractivity contribution in [1.29, 1.82) is 0 Å². The lowest BCUT2D eigenvalue weighted by Gasteiger charge is -2.36. The number of hydrogen-bond donors (Lipinski definition) is 0. The highest BCUT2D eigenvalue weighted by atomic mass is 16.5. The quantitative estimate of drug-likeness (QED) is 0.610. The van der Waals surface area contributed by atoms with Gasteiger partial charge in [-0.3, -0.25) is 4.79 Å². The molecule has 0 amide bonds. The molecule has 0 spiro atoms.